The second kappa shape index (κ2) is 5.73. The van der Waals surface area contributed by atoms with Gasteiger partial charge in [0.1, 0.15) is 6.04 Å². The van der Waals surface area contributed by atoms with Gasteiger partial charge >= 0.3 is 5.97 Å². The lowest BCUT2D eigenvalue weighted by atomic mass is 10.1. The van der Waals surface area contributed by atoms with Crippen LogP contribution in [-0.2, 0) is 9.59 Å². The van der Waals surface area contributed by atoms with Crippen molar-refractivity contribution in [3.63, 3.8) is 0 Å². The Morgan fingerprint density at radius 3 is 2.60 bits per heavy atom. The SMILES string of the molecule is CCCC[C@H](NC(=O)CC1CC1)C(=O)O. The van der Waals surface area contributed by atoms with Crippen molar-refractivity contribution < 1.29 is 14.7 Å². The molecule has 0 aliphatic heterocycles. The number of carboxylic acids is 1. The molecule has 15 heavy (non-hydrogen) atoms. The average molecular weight is 213 g/mol. The maximum atomic E-state index is 11.4. The van der Waals surface area contributed by atoms with E-state index >= 15 is 0 Å². The number of amides is 1. The average Bonchev–Trinajstić information content (AvgIpc) is 2.95. The molecule has 0 unspecified atom stereocenters. The Bertz CT molecular complexity index is 236. The van der Waals surface area contributed by atoms with Gasteiger partial charge in [-0.1, -0.05) is 19.8 Å². The van der Waals surface area contributed by atoms with E-state index in [1.54, 1.807) is 0 Å². The molecule has 0 aromatic carbocycles. The molecule has 1 rings (SSSR count). The number of rotatable bonds is 7. The standard InChI is InChI=1S/C11H19NO3/c1-2-3-4-9(11(14)15)12-10(13)7-8-5-6-8/h8-9H,2-7H2,1H3,(H,12,13)(H,14,15)/t9-/m0/s1. The van der Waals surface area contributed by atoms with E-state index in [2.05, 4.69) is 5.32 Å². The van der Waals surface area contributed by atoms with Crippen LogP contribution >= 0.6 is 0 Å². The molecule has 1 atom stereocenters. The van der Waals surface area contributed by atoms with E-state index in [1.807, 2.05) is 6.92 Å². The molecular formula is C11H19NO3. The number of hydrogen-bond donors (Lipinski definition) is 2. The number of nitrogens with one attached hydrogen (secondary N) is 1. The van der Waals surface area contributed by atoms with Crippen molar-refractivity contribution in [2.75, 3.05) is 0 Å². The van der Waals surface area contributed by atoms with Crippen molar-refractivity contribution in [3.05, 3.63) is 0 Å². The van der Waals surface area contributed by atoms with Gasteiger partial charge in [0.2, 0.25) is 5.91 Å². The van der Waals surface area contributed by atoms with Gasteiger partial charge < -0.3 is 10.4 Å². The minimum absolute atomic E-state index is 0.110. The maximum Gasteiger partial charge on any atom is 0.326 e. The van der Waals surface area contributed by atoms with Gasteiger partial charge in [-0.3, -0.25) is 4.79 Å². The quantitative estimate of drug-likeness (QED) is 0.674. The third-order valence-corrected chi connectivity index (χ3v) is 2.65. The molecule has 0 spiro atoms. The van der Waals surface area contributed by atoms with E-state index in [4.69, 9.17) is 5.11 Å². The Morgan fingerprint density at radius 1 is 1.47 bits per heavy atom. The summed E-state index contributed by atoms with van der Waals surface area (Å²) in [6.45, 7) is 2.00. The minimum Gasteiger partial charge on any atom is -0.480 e. The van der Waals surface area contributed by atoms with Crippen molar-refractivity contribution >= 4 is 11.9 Å². The fourth-order valence-corrected chi connectivity index (χ4v) is 1.50. The number of unbranched alkanes of at least 4 members (excludes halogenated alkanes) is 1. The molecule has 0 aromatic rings. The van der Waals surface area contributed by atoms with Crippen LogP contribution in [0.4, 0.5) is 0 Å². The van der Waals surface area contributed by atoms with Crippen molar-refractivity contribution in [2.45, 2.75) is 51.5 Å². The first-order valence-corrected chi connectivity index (χ1v) is 5.65. The largest absolute Gasteiger partial charge is 0.480 e. The van der Waals surface area contributed by atoms with Gasteiger partial charge in [-0.2, -0.15) is 0 Å². The van der Waals surface area contributed by atoms with E-state index in [-0.39, 0.29) is 5.91 Å². The molecule has 0 radical (unpaired) electrons. The van der Waals surface area contributed by atoms with Gasteiger partial charge in [-0.25, -0.2) is 4.79 Å². The number of carbonyl (C=O) groups is 2. The van der Waals surface area contributed by atoms with E-state index in [0.29, 0.717) is 18.8 Å². The van der Waals surface area contributed by atoms with Gasteiger partial charge in [0, 0.05) is 6.42 Å². The van der Waals surface area contributed by atoms with E-state index < -0.39 is 12.0 Å². The first-order valence-electron chi connectivity index (χ1n) is 5.65. The molecule has 1 amide bonds. The summed E-state index contributed by atoms with van der Waals surface area (Å²) in [5.41, 5.74) is 0. The number of carbonyl (C=O) groups excluding carboxylic acids is 1. The van der Waals surface area contributed by atoms with Crippen LogP contribution in [0.25, 0.3) is 0 Å². The fourth-order valence-electron chi connectivity index (χ4n) is 1.50. The lowest BCUT2D eigenvalue weighted by Crippen LogP contribution is -2.40. The number of hydrogen-bond acceptors (Lipinski definition) is 2. The first kappa shape index (κ1) is 12.0. The highest BCUT2D eigenvalue weighted by molar-refractivity contribution is 5.83. The smallest absolute Gasteiger partial charge is 0.326 e. The highest BCUT2D eigenvalue weighted by atomic mass is 16.4. The lowest BCUT2D eigenvalue weighted by molar-refractivity contribution is -0.142. The van der Waals surface area contributed by atoms with Crippen LogP contribution in [0.1, 0.15) is 45.4 Å². The summed E-state index contributed by atoms with van der Waals surface area (Å²) in [7, 11) is 0. The normalized spacial score (nSPS) is 17.1. The van der Waals surface area contributed by atoms with Crippen LogP contribution in [-0.4, -0.2) is 23.0 Å². The Labute approximate surface area is 90.0 Å². The summed E-state index contributed by atoms with van der Waals surface area (Å²) in [6, 6.07) is -0.698. The number of carboxylic acid groups (broad SMARTS) is 1. The molecule has 1 saturated carbocycles. The monoisotopic (exact) mass is 213 g/mol. The molecule has 0 saturated heterocycles. The topological polar surface area (TPSA) is 66.4 Å². The Kier molecular flexibility index (Phi) is 4.59. The van der Waals surface area contributed by atoms with E-state index in [9.17, 15) is 9.59 Å². The van der Waals surface area contributed by atoms with Crippen molar-refractivity contribution in [2.24, 2.45) is 5.92 Å². The van der Waals surface area contributed by atoms with Crippen molar-refractivity contribution in [3.8, 4) is 0 Å². The van der Waals surface area contributed by atoms with Crippen LogP contribution < -0.4 is 5.32 Å². The van der Waals surface area contributed by atoms with Crippen molar-refractivity contribution in [1.29, 1.82) is 0 Å². The molecule has 86 valence electrons. The summed E-state index contributed by atoms with van der Waals surface area (Å²) < 4.78 is 0. The van der Waals surface area contributed by atoms with Gasteiger partial charge in [0.15, 0.2) is 0 Å². The van der Waals surface area contributed by atoms with Crippen LogP contribution in [0.2, 0.25) is 0 Å². The van der Waals surface area contributed by atoms with Crippen LogP contribution in [0.5, 0.6) is 0 Å². The van der Waals surface area contributed by atoms with Crippen LogP contribution in [0, 0.1) is 5.92 Å². The molecule has 4 nitrogen and oxygen atoms in total. The van der Waals surface area contributed by atoms with Gasteiger partial charge in [0.05, 0.1) is 0 Å². The molecule has 0 bridgehead atoms. The first-order chi connectivity index (χ1) is 7.13. The highest BCUT2D eigenvalue weighted by Gasteiger charge is 2.26. The molecule has 1 aliphatic rings. The Morgan fingerprint density at radius 2 is 2.13 bits per heavy atom. The molecule has 1 fully saturated rings. The predicted octanol–water partition coefficient (Wildman–Crippen LogP) is 1.55. The zero-order valence-electron chi connectivity index (χ0n) is 9.16. The van der Waals surface area contributed by atoms with Gasteiger partial charge in [0.25, 0.3) is 0 Å². The summed E-state index contributed by atoms with van der Waals surface area (Å²) in [4.78, 5) is 22.2. The molecule has 2 N–H and O–H groups in total. The van der Waals surface area contributed by atoms with E-state index in [1.165, 1.54) is 0 Å². The summed E-state index contributed by atoms with van der Waals surface area (Å²) in [6.07, 6.45) is 5.03. The third kappa shape index (κ3) is 4.81. The molecular weight excluding hydrogens is 194 g/mol. The zero-order chi connectivity index (χ0) is 11.3. The summed E-state index contributed by atoms with van der Waals surface area (Å²) >= 11 is 0. The maximum absolute atomic E-state index is 11.4. The van der Waals surface area contributed by atoms with Gasteiger partial charge in [-0.05, 0) is 25.2 Å². The summed E-state index contributed by atoms with van der Waals surface area (Å²) in [5.74, 6) is -0.528. The lowest BCUT2D eigenvalue weighted by Gasteiger charge is -2.13. The van der Waals surface area contributed by atoms with Crippen molar-refractivity contribution in [1.82, 2.24) is 5.32 Å². The molecule has 1 aliphatic carbocycles. The second-order valence-corrected chi connectivity index (χ2v) is 4.25. The third-order valence-electron chi connectivity index (χ3n) is 2.65. The molecule has 0 aromatic heterocycles. The minimum atomic E-state index is -0.924. The van der Waals surface area contributed by atoms with Crippen LogP contribution in [0.15, 0.2) is 0 Å². The molecule has 0 heterocycles. The summed E-state index contributed by atoms with van der Waals surface area (Å²) in [5, 5.41) is 11.5. The van der Waals surface area contributed by atoms with E-state index in [0.717, 1.165) is 25.7 Å². The predicted molar refractivity (Wildman–Crippen MR) is 56.4 cm³/mol. The second-order valence-electron chi connectivity index (χ2n) is 4.25. The zero-order valence-corrected chi connectivity index (χ0v) is 9.16. The Hall–Kier alpha value is -1.06. The number of aliphatic carboxylic acids is 1. The molecule has 4 heteroatoms. The Balaban J connectivity index is 2.28. The van der Waals surface area contributed by atoms with Gasteiger partial charge in [-0.15, -0.1) is 0 Å². The highest BCUT2D eigenvalue weighted by Crippen LogP contribution is 2.32. The van der Waals surface area contributed by atoms with Crippen LogP contribution in [0.3, 0.4) is 0 Å². The fraction of sp³-hybridized carbons (Fsp3) is 0.818.